The molecule has 7 N–H and O–H groups in total. The van der Waals surface area contributed by atoms with Crippen LogP contribution in [0.1, 0.15) is 105 Å². The summed E-state index contributed by atoms with van der Waals surface area (Å²) in [5.41, 5.74) is -2.13. The van der Waals surface area contributed by atoms with E-state index in [1.54, 1.807) is 33.8 Å². The molecule has 4 aliphatic rings. The third-order valence-electron chi connectivity index (χ3n) is 12.0. The Morgan fingerprint density at radius 3 is 2.17 bits per heavy atom. The van der Waals surface area contributed by atoms with Crippen LogP contribution in [-0.2, 0) is 38.2 Å². The summed E-state index contributed by atoms with van der Waals surface area (Å²) >= 11 is 0.683. The van der Waals surface area contributed by atoms with Crippen molar-refractivity contribution in [2.24, 2.45) is 23.7 Å². The zero-order valence-corrected chi connectivity index (χ0v) is 39.5. The lowest BCUT2D eigenvalue weighted by molar-refractivity contribution is -0.160. The molecule has 9 unspecified atom stereocenters. The highest BCUT2D eigenvalue weighted by Gasteiger charge is 2.53. The van der Waals surface area contributed by atoms with Gasteiger partial charge >= 0.3 is 17.7 Å². The number of carbonyl (C=O) groups is 8. The highest BCUT2D eigenvalue weighted by atomic mass is 32.2. The number of thioether (sulfide) groups is 1. The molecule has 0 fully saturated rings. The zero-order valence-electron chi connectivity index (χ0n) is 38.7. The van der Waals surface area contributed by atoms with Crippen molar-refractivity contribution in [3.05, 3.63) is 69.0 Å². The number of Topliss-reactive ketones (excluding diaryl/α,β-unsaturated/α-hetero) is 3. The predicted octanol–water partition coefficient (Wildman–Crippen LogP) is 3.18. The van der Waals surface area contributed by atoms with Crippen LogP contribution in [0.15, 0.2) is 46.7 Å². The molecule has 1 aromatic rings. The Labute approximate surface area is 386 Å². The summed E-state index contributed by atoms with van der Waals surface area (Å²) in [7, 11) is 1.38. The number of phenolic OH excluding ortho intramolecular Hbond substituents is 1. The van der Waals surface area contributed by atoms with Crippen LogP contribution in [0.5, 0.6) is 11.5 Å². The number of aromatic hydroxyl groups is 1. The minimum atomic E-state index is -2.19. The Bertz CT molecular complexity index is 2290. The lowest BCUT2D eigenvalue weighted by atomic mass is 9.78. The lowest BCUT2D eigenvalue weighted by Crippen LogP contribution is -2.49. The van der Waals surface area contributed by atoms with Crippen molar-refractivity contribution in [2.75, 3.05) is 12.9 Å². The number of rotatable bonds is 10. The van der Waals surface area contributed by atoms with Gasteiger partial charge in [0.15, 0.2) is 0 Å². The largest absolute Gasteiger partial charge is 0.507 e. The van der Waals surface area contributed by atoms with Crippen molar-refractivity contribution in [1.82, 2.24) is 16.0 Å². The van der Waals surface area contributed by atoms with Gasteiger partial charge in [-0.2, -0.15) is 0 Å². The molecule has 0 saturated heterocycles. The van der Waals surface area contributed by atoms with Gasteiger partial charge < -0.3 is 55.3 Å². The van der Waals surface area contributed by atoms with Crippen LogP contribution in [0.2, 0.25) is 0 Å². The van der Waals surface area contributed by atoms with E-state index in [0.717, 1.165) is 6.26 Å². The van der Waals surface area contributed by atoms with Crippen molar-refractivity contribution >= 4 is 58.8 Å². The molecule has 11 atom stereocenters. The molecule has 1 aliphatic carbocycles. The molecule has 20 heteroatoms. The van der Waals surface area contributed by atoms with Crippen molar-refractivity contribution in [3.8, 4) is 11.5 Å². The topological polar surface area (TPSA) is 290 Å². The molecule has 3 aliphatic heterocycles. The molecule has 0 radical (unpaired) electrons. The number of aliphatic hydroxyl groups excluding tert-OH is 2. The van der Waals surface area contributed by atoms with Gasteiger partial charge in [-0.25, -0.2) is 0 Å². The summed E-state index contributed by atoms with van der Waals surface area (Å²) < 4.78 is 23.4. The first-order valence-corrected chi connectivity index (χ1v) is 22.3. The van der Waals surface area contributed by atoms with Crippen LogP contribution in [0.3, 0.4) is 0 Å². The number of carbonyl (C=O) groups excluding carboxylic acids is 7. The van der Waals surface area contributed by atoms with Gasteiger partial charge in [0.05, 0.1) is 46.2 Å². The molecular formula is C46H59N3O16S. The maximum Gasteiger partial charge on any atom is 0.325 e. The van der Waals surface area contributed by atoms with Crippen molar-refractivity contribution in [3.63, 3.8) is 0 Å². The second-order valence-corrected chi connectivity index (χ2v) is 18.1. The molecule has 0 spiro atoms. The van der Waals surface area contributed by atoms with Gasteiger partial charge in [0.2, 0.25) is 23.4 Å². The van der Waals surface area contributed by atoms with Crippen LogP contribution in [-0.4, -0.2) is 123 Å². The average Bonchev–Trinajstić information content (AvgIpc) is 3.52. The number of ether oxygens (including phenoxy) is 4. The molecule has 0 saturated carbocycles. The van der Waals surface area contributed by atoms with Gasteiger partial charge in [-0.3, -0.25) is 38.4 Å². The summed E-state index contributed by atoms with van der Waals surface area (Å²) in [4.78, 5) is 106. The number of esters is 1. The SMILES string of the molecule is COC1/C=C/OC2(C)Oc3c(C)c(O)c4c(c3C2=O)C(=O)C(SCCC(=O)N[C@@H](C)C(=O)N[C@@H](C)C(=O)O)=C(NC(=O)/C(C)=C\C=C\C(C)C(O)C(C)C(O)C(C)C(OC(C)=O)C1C)C4=O. The quantitative estimate of drug-likeness (QED) is 0.166. The summed E-state index contributed by atoms with van der Waals surface area (Å²) in [6.07, 6.45) is 2.50. The van der Waals surface area contributed by atoms with Crippen molar-refractivity contribution < 1.29 is 77.7 Å². The Morgan fingerprint density at radius 1 is 0.909 bits per heavy atom. The van der Waals surface area contributed by atoms with Gasteiger partial charge in [-0.1, -0.05) is 45.9 Å². The molecule has 19 nitrogen and oxygen atoms in total. The molecule has 3 amide bonds. The highest BCUT2D eigenvalue weighted by molar-refractivity contribution is 8.04. The van der Waals surface area contributed by atoms with Crippen molar-refractivity contribution in [2.45, 2.75) is 118 Å². The average molecular weight is 942 g/mol. The number of aliphatic hydroxyl groups is 2. The number of carboxylic acid groups (broad SMARTS) is 1. The van der Waals surface area contributed by atoms with E-state index < -0.39 is 140 Å². The summed E-state index contributed by atoms with van der Waals surface area (Å²) in [5, 5.41) is 50.7. The van der Waals surface area contributed by atoms with E-state index >= 15 is 0 Å². The fraction of sp³-hybridized carbons (Fsp3) is 0.522. The first-order chi connectivity index (χ1) is 30.8. The monoisotopic (exact) mass is 941 g/mol. The fourth-order valence-electron chi connectivity index (χ4n) is 7.83. The highest BCUT2D eigenvalue weighted by Crippen LogP contribution is 2.49. The number of amides is 3. The number of methoxy groups -OCH3 is 1. The zero-order chi connectivity index (χ0) is 49.7. The fourth-order valence-corrected chi connectivity index (χ4v) is 8.84. The van der Waals surface area contributed by atoms with Crippen LogP contribution < -0.4 is 20.7 Å². The molecule has 1 aromatic carbocycles. The van der Waals surface area contributed by atoms with E-state index in [1.807, 2.05) is 0 Å². The molecular weight excluding hydrogens is 883 g/mol. The van der Waals surface area contributed by atoms with Crippen LogP contribution >= 0.6 is 11.8 Å². The molecule has 3 heterocycles. The third-order valence-corrected chi connectivity index (χ3v) is 13.1. The number of hydrogen-bond acceptors (Lipinski definition) is 16. The number of nitrogens with one attached hydrogen (secondary N) is 3. The van der Waals surface area contributed by atoms with E-state index in [1.165, 1.54) is 66.9 Å². The molecule has 360 valence electrons. The lowest BCUT2D eigenvalue weighted by Gasteiger charge is -2.38. The van der Waals surface area contributed by atoms with Crippen LogP contribution in [0.25, 0.3) is 0 Å². The number of ketones is 3. The summed E-state index contributed by atoms with van der Waals surface area (Å²) in [5.74, 6) is -13.3. The number of benzene rings is 1. The van der Waals surface area contributed by atoms with Gasteiger partial charge in [0.25, 0.3) is 11.7 Å². The Morgan fingerprint density at radius 2 is 1.56 bits per heavy atom. The van der Waals surface area contributed by atoms with E-state index in [9.17, 15) is 53.7 Å². The second-order valence-electron chi connectivity index (χ2n) is 17.0. The van der Waals surface area contributed by atoms with E-state index in [0.29, 0.717) is 11.8 Å². The summed E-state index contributed by atoms with van der Waals surface area (Å²) in [6, 6.07) is -2.38. The molecule has 0 aromatic heterocycles. The molecule has 5 rings (SSSR count). The first kappa shape index (κ1) is 52.8. The minimum absolute atomic E-state index is 0.0284. The number of hydrogen-bond donors (Lipinski definition) is 7. The number of allylic oxidation sites excluding steroid dienone is 4. The maximum atomic E-state index is 14.7. The Kier molecular flexibility index (Phi) is 17.3. The van der Waals surface area contributed by atoms with Gasteiger partial charge in [0.1, 0.15) is 35.4 Å². The van der Waals surface area contributed by atoms with E-state index in [-0.39, 0.29) is 34.6 Å². The number of carboxylic acids is 1. The number of aliphatic carboxylic acids is 1. The predicted molar refractivity (Wildman–Crippen MR) is 238 cm³/mol. The van der Waals surface area contributed by atoms with Gasteiger partial charge in [-0.05, 0) is 33.8 Å². The second kappa shape index (κ2) is 21.6. The summed E-state index contributed by atoms with van der Waals surface area (Å²) in [6.45, 7) is 14.5. The third kappa shape index (κ3) is 11.2. The van der Waals surface area contributed by atoms with E-state index in [4.69, 9.17) is 24.1 Å². The van der Waals surface area contributed by atoms with Gasteiger partial charge in [-0.15, -0.1) is 11.8 Å². The molecule has 5 bridgehead atoms. The Hall–Kier alpha value is -5.83. The number of phenols is 1. The smallest absolute Gasteiger partial charge is 0.325 e. The maximum absolute atomic E-state index is 14.7. The van der Waals surface area contributed by atoms with Crippen LogP contribution in [0, 0.1) is 30.6 Å². The van der Waals surface area contributed by atoms with Crippen LogP contribution in [0.4, 0.5) is 0 Å². The first-order valence-electron chi connectivity index (χ1n) is 21.3. The normalized spacial score (nSPS) is 29.9. The Balaban J connectivity index is 1.83. The standard InChI is InChI=1S/C46H59N3O16S/c1-19-13-12-14-20(2)43(58)49-33-37(55)31-30(38(56)41(33)66-18-16-29(51)47-25(7)44(59)48-26(8)45(60)61)32-40(24(6)36(31)54)65-46(10,42(32)57)63-17-15-28(62-11)21(3)39(64-27(9)50)23(5)35(53)22(4)34(19)52/h12-15,17,19,21-23,25-26,28,34-35,39,52-54H,16,18H2,1-11H3,(H,47,51)(H,48,59)(H,49,58)(H,60,61)/b13-12+,17-15+,20-14-/t19?,21?,22?,23?,25-,26-,28?,34?,35?,39?,46?/m0/s1. The van der Waals surface area contributed by atoms with Gasteiger partial charge in [0, 0.05) is 67.9 Å². The minimum Gasteiger partial charge on any atom is -0.507 e. The van der Waals surface area contributed by atoms with Crippen molar-refractivity contribution in [1.29, 1.82) is 0 Å². The number of fused-ring (bicyclic) bond motifs is 14. The van der Waals surface area contributed by atoms with E-state index in [2.05, 4.69) is 16.0 Å². The molecule has 66 heavy (non-hydrogen) atoms.